The third-order valence-corrected chi connectivity index (χ3v) is 12.8. The van der Waals surface area contributed by atoms with Crippen LogP contribution < -0.4 is 36.4 Å². The van der Waals surface area contributed by atoms with Crippen LogP contribution in [0.2, 0.25) is 0 Å². The summed E-state index contributed by atoms with van der Waals surface area (Å²) in [5.74, 6) is 10.0. The molecule has 12 heteroatoms. The van der Waals surface area contributed by atoms with Crippen LogP contribution in [0.5, 0.6) is 0 Å². The Morgan fingerprint density at radius 2 is 1.05 bits per heavy atom. The zero-order valence-electron chi connectivity index (χ0n) is 39.1. The number of hydrogen-bond acceptors (Lipinski definition) is 8. The largest absolute Gasteiger partial charge is 0.342 e. The number of ketones is 1. The number of para-hydroxylation sites is 2. The first kappa shape index (κ1) is 48.9. The number of benzene rings is 4. The van der Waals surface area contributed by atoms with Crippen LogP contribution >= 0.6 is 0 Å². The van der Waals surface area contributed by atoms with Gasteiger partial charge in [0.1, 0.15) is 12.1 Å². The number of Topliss-reactive ketones (excluding diaryl/α,β-unsaturated/α-hetero) is 1. The standard InChI is InChI=1S/C54H63N7O5/c1-35(40-22-12-10-13-23-40)32-50(62)49-34-43-27-19-21-31-47(43)61(49)54(66)45(59-52(64)39(5)56-7)29-17-9-8-16-28-44(58-51(63)38(4)55-6)53(65)60-46-30-20-18-26-42(46)33-48(60)37(3)57-36(2)41-24-14-11-15-25-41/h10-15,18-27,30-31,35-39,44-45,48-49,55-57H,28-29,32-34H2,1-7H3,(H,58,63)(H,59,64)/t35-,36+,37?,38-,39-,44-,45-,48-,49-/m0/s1. The number of nitrogens with zero attached hydrogens (tertiary/aromatic N) is 2. The minimum absolute atomic E-state index is 0.0250. The average Bonchev–Trinajstić information content (AvgIpc) is 3.93. The molecule has 1 unspecified atom stereocenters. The smallest absolute Gasteiger partial charge is 0.251 e. The van der Waals surface area contributed by atoms with Crippen LogP contribution in [0, 0.1) is 23.7 Å². The van der Waals surface area contributed by atoms with Crippen LogP contribution in [0.1, 0.15) is 88.1 Å². The predicted octanol–water partition coefficient (Wildman–Crippen LogP) is 5.38. The van der Waals surface area contributed by atoms with Crippen molar-refractivity contribution in [3.8, 4) is 23.7 Å². The number of carbonyl (C=O) groups is 5. The van der Waals surface area contributed by atoms with Crippen molar-refractivity contribution in [3.63, 3.8) is 0 Å². The highest BCUT2D eigenvalue weighted by atomic mass is 16.2. The number of anilines is 2. The van der Waals surface area contributed by atoms with Crippen LogP contribution in [-0.4, -0.2) is 85.8 Å². The summed E-state index contributed by atoms with van der Waals surface area (Å²) in [5, 5.41) is 15.4. The molecule has 0 radical (unpaired) electrons. The highest BCUT2D eigenvalue weighted by Crippen LogP contribution is 2.36. The Kier molecular flexibility index (Phi) is 17.1. The minimum Gasteiger partial charge on any atom is -0.342 e. The van der Waals surface area contributed by atoms with Crippen molar-refractivity contribution < 1.29 is 24.0 Å². The van der Waals surface area contributed by atoms with E-state index in [1.54, 1.807) is 32.8 Å². The van der Waals surface area contributed by atoms with Gasteiger partial charge in [0.2, 0.25) is 11.8 Å². The molecule has 4 aromatic carbocycles. The van der Waals surface area contributed by atoms with Crippen molar-refractivity contribution in [2.24, 2.45) is 0 Å². The van der Waals surface area contributed by atoms with E-state index in [0.717, 1.165) is 27.9 Å². The van der Waals surface area contributed by atoms with Gasteiger partial charge in [-0.05, 0) is 100 Å². The van der Waals surface area contributed by atoms with Gasteiger partial charge in [0.05, 0.1) is 24.2 Å². The number of amides is 4. The topological polar surface area (TPSA) is 152 Å². The first-order valence-corrected chi connectivity index (χ1v) is 22.9. The molecule has 4 amide bonds. The Labute approximate surface area is 390 Å². The van der Waals surface area contributed by atoms with Gasteiger partial charge in [0, 0.05) is 49.1 Å². The number of rotatable bonds is 18. The maximum Gasteiger partial charge on any atom is 0.251 e. The van der Waals surface area contributed by atoms with E-state index in [-0.39, 0.29) is 60.9 Å². The molecule has 0 bridgehead atoms. The lowest BCUT2D eigenvalue weighted by molar-refractivity contribution is -0.129. The normalized spacial score (nSPS) is 18.0. The molecular weight excluding hydrogens is 827 g/mol. The van der Waals surface area contributed by atoms with Gasteiger partial charge in [0.15, 0.2) is 5.78 Å². The van der Waals surface area contributed by atoms with E-state index in [4.69, 9.17) is 0 Å². The molecule has 0 saturated carbocycles. The van der Waals surface area contributed by atoms with E-state index in [2.05, 4.69) is 76.2 Å². The molecule has 12 nitrogen and oxygen atoms in total. The summed E-state index contributed by atoms with van der Waals surface area (Å²) in [6.45, 7) is 9.59. The Bertz CT molecular complexity index is 2470. The Morgan fingerprint density at radius 3 is 1.58 bits per heavy atom. The zero-order chi connectivity index (χ0) is 47.3. The summed E-state index contributed by atoms with van der Waals surface area (Å²) in [7, 11) is 3.33. The van der Waals surface area contributed by atoms with Crippen LogP contribution in [0.25, 0.3) is 0 Å². The van der Waals surface area contributed by atoms with Crippen molar-refractivity contribution in [2.45, 2.75) is 121 Å². The van der Waals surface area contributed by atoms with E-state index in [1.807, 2.05) is 104 Å². The maximum absolute atomic E-state index is 14.8. The van der Waals surface area contributed by atoms with E-state index in [1.165, 1.54) is 4.90 Å². The third-order valence-electron chi connectivity index (χ3n) is 12.8. The van der Waals surface area contributed by atoms with Crippen molar-refractivity contribution >= 4 is 40.8 Å². The molecule has 2 aliphatic rings. The summed E-state index contributed by atoms with van der Waals surface area (Å²) < 4.78 is 0. The minimum atomic E-state index is -1.10. The van der Waals surface area contributed by atoms with Gasteiger partial charge in [-0.2, -0.15) is 0 Å². The second kappa shape index (κ2) is 23.1. The van der Waals surface area contributed by atoms with Crippen molar-refractivity contribution in [1.29, 1.82) is 0 Å². The lowest BCUT2D eigenvalue weighted by atomic mass is 9.92. The van der Waals surface area contributed by atoms with E-state index in [0.29, 0.717) is 18.5 Å². The molecule has 9 atom stereocenters. The molecule has 0 aromatic heterocycles. The number of carbonyl (C=O) groups excluding carboxylic acids is 5. The van der Waals surface area contributed by atoms with Crippen LogP contribution in [0.4, 0.5) is 11.4 Å². The summed E-state index contributed by atoms with van der Waals surface area (Å²) in [5.41, 5.74) is 5.51. The van der Waals surface area contributed by atoms with Gasteiger partial charge < -0.3 is 31.5 Å². The highest BCUT2D eigenvalue weighted by molar-refractivity contribution is 6.07. The van der Waals surface area contributed by atoms with Gasteiger partial charge >= 0.3 is 0 Å². The lowest BCUT2D eigenvalue weighted by Crippen LogP contribution is -2.57. The maximum atomic E-state index is 14.8. The number of hydrogen-bond donors (Lipinski definition) is 5. The first-order chi connectivity index (χ1) is 31.8. The van der Waals surface area contributed by atoms with E-state index in [9.17, 15) is 24.0 Å². The number of likely N-dealkylation sites (N-methyl/N-ethyl adjacent to an activating group) is 2. The Morgan fingerprint density at radius 1 is 0.591 bits per heavy atom. The number of nitrogens with one attached hydrogen (secondary N) is 5. The summed E-state index contributed by atoms with van der Waals surface area (Å²) in [6, 6.07) is 30.9. The molecule has 4 aromatic rings. The molecule has 0 fully saturated rings. The zero-order valence-corrected chi connectivity index (χ0v) is 39.1. The fraction of sp³-hybridized carbons (Fsp3) is 0.389. The quantitative estimate of drug-likeness (QED) is 0.0837. The Hall–Kier alpha value is -6.57. The molecule has 2 aliphatic heterocycles. The van der Waals surface area contributed by atoms with Crippen molar-refractivity contribution in [3.05, 3.63) is 131 Å². The summed E-state index contributed by atoms with van der Waals surface area (Å²) in [4.78, 5) is 73.4. The van der Waals surface area contributed by atoms with E-state index < -0.39 is 42.0 Å². The Balaban J connectivity index is 1.23. The number of fused-ring (bicyclic) bond motifs is 2. The predicted molar refractivity (Wildman–Crippen MR) is 260 cm³/mol. The monoisotopic (exact) mass is 889 g/mol. The van der Waals surface area contributed by atoms with Gasteiger partial charge in [-0.15, -0.1) is 0 Å². The molecule has 5 N–H and O–H groups in total. The van der Waals surface area contributed by atoms with Crippen molar-refractivity contribution in [2.75, 3.05) is 23.9 Å². The van der Waals surface area contributed by atoms with Gasteiger partial charge in [-0.3, -0.25) is 28.9 Å². The molecule has 66 heavy (non-hydrogen) atoms. The van der Waals surface area contributed by atoms with Crippen LogP contribution in [-0.2, 0) is 36.8 Å². The molecule has 0 saturated heterocycles. The third kappa shape index (κ3) is 11.8. The first-order valence-electron chi connectivity index (χ1n) is 22.9. The molecule has 0 aliphatic carbocycles. The fourth-order valence-corrected chi connectivity index (χ4v) is 8.68. The second-order valence-corrected chi connectivity index (χ2v) is 17.4. The van der Waals surface area contributed by atoms with Gasteiger partial charge in [-0.1, -0.05) is 116 Å². The lowest BCUT2D eigenvalue weighted by Gasteiger charge is -2.34. The molecular formula is C54H63N7O5. The van der Waals surface area contributed by atoms with Crippen molar-refractivity contribution in [1.82, 2.24) is 26.6 Å². The van der Waals surface area contributed by atoms with Gasteiger partial charge in [-0.25, -0.2) is 0 Å². The van der Waals surface area contributed by atoms with Crippen LogP contribution in [0.15, 0.2) is 109 Å². The molecule has 6 rings (SSSR count). The SMILES string of the molecule is CN[C@@H](C)C(=O)N[C@@H](CC#CC#CC[C@H](NC(=O)[C@H](C)NC)C(=O)N1c2ccccc2C[C@H]1C(C)N[C@H](C)c1ccccc1)C(=O)N1c2ccccc2C[C@H]1C(=O)C[C@H](C)c1ccccc1. The molecule has 0 spiro atoms. The summed E-state index contributed by atoms with van der Waals surface area (Å²) in [6.07, 6.45) is 1.12. The highest BCUT2D eigenvalue weighted by Gasteiger charge is 2.42. The second-order valence-electron chi connectivity index (χ2n) is 17.4. The van der Waals surface area contributed by atoms with Gasteiger partial charge in [0.25, 0.3) is 11.8 Å². The fourth-order valence-electron chi connectivity index (χ4n) is 8.68. The average molecular weight is 890 g/mol. The van der Waals surface area contributed by atoms with E-state index >= 15 is 0 Å². The van der Waals surface area contributed by atoms with Crippen LogP contribution in [0.3, 0.4) is 0 Å². The summed E-state index contributed by atoms with van der Waals surface area (Å²) >= 11 is 0. The molecule has 2 heterocycles. The molecule has 344 valence electrons.